The van der Waals surface area contributed by atoms with Gasteiger partial charge < -0.3 is 9.47 Å². The molecule has 4 heteroatoms. The normalized spacial score (nSPS) is 16.1. The first-order chi connectivity index (χ1) is 13.7. The summed E-state index contributed by atoms with van der Waals surface area (Å²) in [6, 6.07) is 15.1. The van der Waals surface area contributed by atoms with Crippen molar-refractivity contribution in [2.45, 2.75) is 38.5 Å². The highest BCUT2D eigenvalue weighted by Crippen LogP contribution is 2.21. The van der Waals surface area contributed by atoms with Gasteiger partial charge in [0, 0.05) is 12.8 Å². The molecule has 1 aliphatic heterocycles. The average Bonchev–Trinajstić information content (AvgIpc) is 2.69. The highest BCUT2D eigenvalue weighted by Gasteiger charge is 2.09. The predicted molar refractivity (Wildman–Crippen MR) is 108 cm³/mol. The molecule has 0 amide bonds. The van der Waals surface area contributed by atoms with Crippen molar-refractivity contribution in [3.63, 3.8) is 0 Å². The fourth-order valence-electron chi connectivity index (χ4n) is 2.95. The maximum Gasteiger partial charge on any atom is 0.311 e. The van der Waals surface area contributed by atoms with Crippen LogP contribution in [0.25, 0.3) is 0 Å². The second kappa shape index (κ2) is 10.3. The van der Waals surface area contributed by atoms with Crippen molar-refractivity contribution >= 4 is 11.9 Å². The van der Waals surface area contributed by atoms with Gasteiger partial charge in [-0.15, -0.1) is 0 Å². The predicted octanol–water partition coefficient (Wildman–Crippen LogP) is 4.97. The summed E-state index contributed by atoms with van der Waals surface area (Å²) in [6.45, 7) is 0. The van der Waals surface area contributed by atoms with Gasteiger partial charge in [-0.2, -0.15) is 0 Å². The highest BCUT2D eigenvalue weighted by atomic mass is 16.5. The second-order valence-corrected chi connectivity index (χ2v) is 6.59. The standard InChI is InChI=1S/C24H24O4/c25-23-17-5-1-3-11-19-13-7-9-15-21(19)28-24(26)18-6-2-4-12-20-14-8-10-16-22(20)27-23/h1-4,7-10,13-16H,5-6,11-12,17-18H2. The smallest absolute Gasteiger partial charge is 0.311 e. The van der Waals surface area contributed by atoms with Crippen LogP contribution in [0.15, 0.2) is 72.8 Å². The molecule has 0 saturated carbocycles. The van der Waals surface area contributed by atoms with E-state index in [0.717, 1.165) is 11.1 Å². The Balaban J connectivity index is 1.75. The Morgan fingerprint density at radius 3 is 1.46 bits per heavy atom. The number of fused-ring (bicyclic) bond motifs is 2. The van der Waals surface area contributed by atoms with Crippen LogP contribution < -0.4 is 9.47 Å². The number of hydrogen-bond donors (Lipinski definition) is 0. The Kier molecular flexibility index (Phi) is 7.19. The summed E-state index contributed by atoms with van der Waals surface area (Å²) in [5, 5.41) is 0. The first-order valence-electron chi connectivity index (χ1n) is 9.59. The fourth-order valence-corrected chi connectivity index (χ4v) is 2.95. The van der Waals surface area contributed by atoms with E-state index in [1.165, 1.54) is 0 Å². The van der Waals surface area contributed by atoms with Crippen LogP contribution in [0, 0.1) is 0 Å². The van der Waals surface area contributed by atoms with Gasteiger partial charge >= 0.3 is 11.9 Å². The van der Waals surface area contributed by atoms with Crippen molar-refractivity contribution in [3.8, 4) is 11.5 Å². The fraction of sp³-hybridized carbons (Fsp3) is 0.250. The van der Waals surface area contributed by atoms with Gasteiger partial charge in [0.25, 0.3) is 0 Å². The molecule has 0 N–H and O–H groups in total. The molecule has 0 unspecified atom stereocenters. The van der Waals surface area contributed by atoms with Gasteiger partial charge in [-0.05, 0) is 48.9 Å². The molecule has 2 aromatic carbocycles. The van der Waals surface area contributed by atoms with Gasteiger partial charge in [0.05, 0.1) is 0 Å². The quantitative estimate of drug-likeness (QED) is 0.370. The molecule has 28 heavy (non-hydrogen) atoms. The molecule has 3 rings (SSSR count). The van der Waals surface area contributed by atoms with Crippen LogP contribution >= 0.6 is 0 Å². The maximum atomic E-state index is 12.1. The zero-order valence-electron chi connectivity index (χ0n) is 15.8. The molecular formula is C24H24O4. The maximum absolute atomic E-state index is 12.1. The Hall–Kier alpha value is -3.14. The van der Waals surface area contributed by atoms with E-state index < -0.39 is 0 Å². The van der Waals surface area contributed by atoms with Crippen LogP contribution in [0.3, 0.4) is 0 Å². The number of para-hydroxylation sites is 2. The third kappa shape index (κ3) is 5.95. The third-order valence-electron chi connectivity index (χ3n) is 4.43. The summed E-state index contributed by atoms with van der Waals surface area (Å²) in [6.07, 6.45) is 11.0. The number of benzene rings is 2. The lowest BCUT2D eigenvalue weighted by Crippen LogP contribution is -2.09. The summed E-state index contributed by atoms with van der Waals surface area (Å²) >= 11 is 0. The van der Waals surface area contributed by atoms with Crippen LogP contribution in [0.5, 0.6) is 11.5 Å². The summed E-state index contributed by atoms with van der Waals surface area (Å²) in [7, 11) is 0. The van der Waals surface area contributed by atoms with Crippen LogP contribution in [0.1, 0.15) is 36.8 Å². The van der Waals surface area contributed by atoms with Crippen LogP contribution in [-0.4, -0.2) is 11.9 Å². The van der Waals surface area contributed by atoms with Gasteiger partial charge in [0.1, 0.15) is 11.5 Å². The molecule has 0 radical (unpaired) electrons. The second-order valence-electron chi connectivity index (χ2n) is 6.59. The minimum atomic E-state index is -0.239. The number of allylic oxidation sites excluding steroid dienone is 4. The van der Waals surface area contributed by atoms with E-state index in [0.29, 0.717) is 50.0 Å². The van der Waals surface area contributed by atoms with Crippen LogP contribution in [0.2, 0.25) is 0 Å². The van der Waals surface area contributed by atoms with Crippen molar-refractivity contribution < 1.29 is 19.1 Å². The molecule has 0 bridgehead atoms. The summed E-state index contributed by atoms with van der Waals surface area (Å²) in [4.78, 5) is 24.3. The Morgan fingerprint density at radius 1 is 0.571 bits per heavy atom. The summed E-state index contributed by atoms with van der Waals surface area (Å²) in [5.41, 5.74) is 1.89. The molecular weight excluding hydrogens is 352 g/mol. The van der Waals surface area contributed by atoms with Crippen LogP contribution in [-0.2, 0) is 22.4 Å². The molecule has 2 aromatic rings. The number of carbonyl (C=O) groups excluding carboxylic acids is 2. The van der Waals surface area contributed by atoms with Gasteiger partial charge in [0.15, 0.2) is 0 Å². The zero-order valence-corrected chi connectivity index (χ0v) is 15.8. The lowest BCUT2D eigenvalue weighted by atomic mass is 10.1. The SMILES string of the molecule is O=C1CCC=CCc2ccccc2OC(=O)CCC=CCc2ccccc2O1. The van der Waals surface area contributed by atoms with E-state index in [1.807, 2.05) is 72.8 Å². The van der Waals surface area contributed by atoms with Crippen molar-refractivity contribution in [1.29, 1.82) is 0 Å². The summed E-state index contributed by atoms with van der Waals surface area (Å²) in [5.74, 6) is 0.708. The van der Waals surface area contributed by atoms with E-state index in [4.69, 9.17) is 9.47 Å². The van der Waals surface area contributed by atoms with Crippen molar-refractivity contribution in [2.24, 2.45) is 0 Å². The molecule has 0 aromatic heterocycles. The molecule has 1 aliphatic rings. The molecule has 1 heterocycles. The first-order valence-corrected chi connectivity index (χ1v) is 9.59. The Bertz CT molecular complexity index is 806. The minimum Gasteiger partial charge on any atom is -0.426 e. The zero-order chi connectivity index (χ0) is 19.6. The molecule has 144 valence electrons. The van der Waals surface area contributed by atoms with E-state index in [2.05, 4.69) is 0 Å². The van der Waals surface area contributed by atoms with E-state index in [1.54, 1.807) is 0 Å². The van der Waals surface area contributed by atoms with E-state index in [-0.39, 0.29) is 11.9 Å². The first kappa shape index (κ1) is 19.6. The van der Waals surface area contributed by atoms with Gasteiger partial charge in [0.2, 0.25) is 0 Å². The largest absolute Gasteiger partial charge is 0.426 e. The molecule has 0 fully saturated rings. The molecule has 0 aliphatic carbocycles. The van der Waals surface area contributed by atoms with Crippen molar-refractivity contribution in [3.05, 3.63) is 84.0 Å². The molecule has 4 nitrogen and oxygen atoms in total. The minimum absolute atomic E-state index is 0.239. The van der Waals surface area contributed by atoms with Gasteiger partial charge in [-0.25, -0.2) is 0 Å². The van der Waals surface area contributed by atoms with Crippen molar-refractivity contribution in [2.75, 3.05) is 0 Å². The van der Waals surface area contributed by atoms with Gasteiger partial charge in [-0.1, -0.05) is 60.7 Å². The molecule has 0 spiro atoms. The summed E-state index contributed by atoms with van der Waals surface area (Å²) < 4.78 is 11.1. The molecule has 0 atom stereocenters. The highest BCUT2D eigenvalue weighted by molar-refractivity contribution is 5.73. The monoisotopic (exact) mass is 376 g/mol. The van der Waals surface area contributed by atoms with Gasteiger partial charge in [-0.3, -0.25) is 9.59 Å². The topological polar surface area (TPSA) is 52.6 Å². The lowest BCUT2D eigenvalue weighted by Gasteiger charge is -2.09. The Morgan fingerprint density at radius 2 is 1.00 bits per heavy atom. The van der Waals surface area contributed by atoms with E-state index in [9.17, 15) is 9.59 Å². The molecule has 0 saturated heterocycles. The number of hydrogen-bond acceptors (Lipinski definition) is 4. The average molecular weight is 376 g/mol. The third-order valence-corrected chi connectivity index (χ3v) is 4.43. The number of ether oxygens (including phenoxy) is 2. The van der Waals surface area contributed by atoms with Crippen LogP contribution in [0.4, 0.5) is 0 Å². The number of carbonyl (C=O) groups is 2. The van der Waals surface area contributed by atoms with E-state index >= 15 is 0 Å². The number of rotatable bonds is 0. The van der Waals surface area contributed by atoms with Crippen molar-refractivity contribution in [1.82, 2.24) is 0 Å². The Labute approximate surface area is 165 Å². The lowest BCUT2D eigenvalue weighted by molar-refractivity contribution is -0.135. The number of esters is 2.